The Balaban J connectivity index is 1.55. The van der Waals surface area contributed by atoms with Crippen LogP contribution < -0.4 is 20.1 Å². The zero-order chi connectivity index (χ0) is 30.2. The fourth-order valence-corrected chi connectivity index (χ4v) is 4.97. The van der Waals surface area contributed by atoms with Crippen LogP contribution in [0.3, 0.4) is 0 Å². The van der Waals surface area contributed by atoms with Crippen molar-refractivity contribution < 1.29 is 33.5 Å². The van der Waals surface area contributed by atoms with Crippen molar-refractivity contribution in [1.29, 1.82) is 0 Å². The van der Waals surface area contributed by atoms with E-state index < -0.39 is 22.6 Å². The molecule has 2 N–H and O–H groups in total. The van der Waals surface area contributed by atoms with Gasteiger partial charge in [0.1, 0.15) is 22.1 Å². The molecule has 0 radical (unpaired) electrons. The summed E-state index contributed by atoms with van der Waals surface area (Å²) < 4.78 is 15.8. The summed E-state index contributed by atoms with van der Waals surface area (Å²) in [5.74, 6) is -0.347. The number of hydrogen-bond donors (Lipinski definition) is 2. The van der Waals surface area contributed by atoms with Crippen molar-refractivity contribution in [2.45, 2.75) is 11.3 Å². The molecular formula is C29H28N4O8S. The van der Waals surface area contributed by atoms with Crippen molar-refractivity contribution in [2.24, 2.45) is 0 Å². The van der Waals surface area contributed by atoms with Crippen molar-refractivity contribution in [3.63, 3.8) is 0 Å². The van der Waals surface area contributed by atoms with E-state index in [0.29, 0.717) is 40.8 Å². The first-order valence-corrected chi connectivity index (χ1v) is 13.5. The van der Waals surface area contributed by atoms with E-state index in [4.69, 9.17) is 14.2 Å². The standard InChI is InChI=1S/C29H28N4O8S/c1-39-16-4-15-32-28(35)25(31-23-14-11-21(40-2)17-24(23)41-3)26(29(32)36)42-22-12-7-19(8-13-22)30-27(34)18-5-9-20(10-6-18)33(37)38/h5-14,17,31H,4,15-16H2,1-3H3,(H,30,34). The molecule has 0 bridgehead atoms. The van der Waals surface area contributed by atoms with E-state index in [9.17, 15) is 24.5 Å². The van der Waals surface area contributed by atoms with Crippen LogP contribution in [0.2, 0.25) is 0 Å². The molecule has 0 aromatic heterocycles. The third kappa shape index (κ3) is 6.87. The Hall–Kier alpha value is -4.88. The first-order chi connectivity index (χ1) is 20.2. The Morgan fingerprint density at radius 1 is 0.952 bits per heavy atom. The number of nitro groups is 1. The molecular weight excluding hydrogens is 564 g/mol. The van der Waals surface area contributed by atoms with Crippen LogP contribution >= 0.6 is 11.8 Å². The molecule has 0 aliphatic carbocycles. The van der Waals surface area contributed by atoms with E-state index >= 15 is 0 Å². The van der Waals surface area contributed by atoms with Gasteiger partial charge in [0.25, 0.3) is 23.4 Å². The van der Waals surface area contributed by atoms with Crippen LogP contribution in [0.1, 0.15) is 16.8 Å². The van der Waals surface area contributed by atoms with Crippen LogP contribution in [-0.4, -0.2) is 62.0 Å². The number of ether oxygens (including phenoxy) is 3. The van der Waals surface area contributed by atoms with Crippen molar-refractivity contribution >= 4 is 46.5 Å². The number of carbonyl (C=O) groups excluding carboxylic acids is 3. The van der Waals surface area contributed by atoms with E-state index in [0.717, 1.165) is 11.8 Å². The predicted molar refractivity (Wildman–Crippen MR) is 157 cm³/mol. The van der Waals surface area contributed by atoms with E-state index in [-0.39, 0.29) is 28.4 Å². The highest BCUT2D eigenvalue weighted by molar-refractivity contribution is 8.04. The number of non-ortho nitro benzene ring substituents is 1. The molecule has 0 saturated heterocycles. The lowest BCUT2D eigenvalue weighted by Crippen LogP contribution is -2.33. The Labute approximate surface area is 245 Å². The summed E-state index contributed by atoms with van der Waals surface area (Å²) in [5, 5.41) is 16.7. The molecule has 1 aliphatic rings. The minimum Gasteiger partial charge on any atom is -0.497 e. The number of nitrogens with zero attached hydrogens (tertiary/aromatic N) is 2. The van der Waals surface area contributed by atoms with Gasteiger partial charge in [-0.2, -0.15) is 0 Å². The van der Waals surface area contributed by atoms with E-state index in [2.05, 4.69) is 10.6 Å². The maximum atomic E-state index is 13.4. The number of hydrogen-bond acceptors (Lipinski definition) is 10. The molecule has 13 heteroatoms. The van der Waals surface area contributed by atoms with Crippen LogP contribution in [0.15, 0.2) is 82.2 Å². The highest BCUT2D eigenvalue weighted by atomic mass is 32.2. The van der Waals surface area contributed by atoms with Gasteiger partial charge in [-0.3, -0.25) is 29.4 Å². The molecule has 1 heterocycles. The number of nitro benzene ring substituents is 1. The summed E-state index contributed by atoms with van der Waals surface area (Å²) in [6, 6.07) is 17.1. The Morgan fingerprint density at radius 2 is 1.67 bits per heavy atom. The van der Waals surface area contributed by atoms with Crippen molar-refractivity contribution in [3.8, 4) is 11.5 Å². The summed E-state index contributed by atoms with van der Waals surface area (Å²) >= 11 is 1.11. The van der Waals surface area contributed by atoms with Gasteiger partial charge < -0.3 is 24.8 Å². The van der Waals surface area contributed by atoms with Crippen molar-refractivity contribution in [3.05, 3.63) is 93.0 Å². The first-order valence-electron chi connectivity index (χ1n) is 12.7. The second-order valence-electron chi connectivity index (χ2n) is 8.89. The molecule has 42 heavy (non-hydrogen) atoms. The van der Waals surface area contributed by atoms with Crippen LogP contribution in [-0.2, 0) is 14.3 Å². The van der Waals surface area contributed by atoms with Crippen LogP contribution in [0.25, 0.3) is 0 Å². The van der Waals surface area contributed by atoms with Crippen molar-refractivity contribution in [2.75, 3.05) is 45.1 Å². The van der Waals surface area contributed by atoms with Gasteiger partial charge in [-0.05, 0) is 55.0 Å². The number of methoxy groups -OCH3 is 3. The van der Waals surface area contributed by atoms with Gasteiger partial charge in [-0.15, -0.1) is 0 Å². The molecule has 1 aliphatic heterocycles. The molecule has 3 amide bonds. The maximum absolute atomic E-state index is 13.4. The minimum atomic E-state index is -0.538. The number of imide groups is 1. The molecule has 4 rings (SSSR count). The minimum absolute atomic E-state index is 0.112. The third-order valence-corrected chi connectivity index (χ3v) is 7.29. The van der Waals surface area contributed by atoms with Gasteiger partial charge in [0.15, 0.2) is 0 Å². The molecule has 3 aromatic rings. The Morgan fingerprint density at radius 3 is 2.29 bits per heavy atom. The topological polar surface area (TPSA) is 149 Å². The Bertz CT molecular complexity index is 1520. The van der Waals surface area contributed by atoms with Crippen LogP contribution in [0.5, 0.6) is 11.5 Å². The average molecular weight is 593 g/mol. The monoisotopic (exact) mass is 592 g/mol. The number of rotatable bonds is 13. The molecule has 3 aromatic carbocycles. The summed E-state index contributed by atoms with van der Waals surface area (Å²) in [7, 11) is 4.57. The smallest absolute Gasteiger partial charge is 0.278 e. The summed E-state index contributed by atoms with van der Waals surface area (Å²) in [4.78, 5) is 51.7. The van der Waals surface area contributed by atoms with Gasteiger partial charge in [0.05, 0.1) is 24.8 Å². The number of nitrogens with one attached hydrogen (secondary N) is 2. The highest BCUT2D eigenvalue weighted by Gasteiger charge is 2.39. The van der Waals surface area contributed by atoms with Gasteiger partial charge in [0.2, 0.25) is 0 Å². The van der Waals surface area contributed by atoms with Gasteiger partial charge >= 0.3 is 0 Å². The average Bonchev–Trinajstić information content (AvgIpc) is 3.21. The molecule has 0 atom stereocenters. The molecule has 0 spiro atoms. The molecule has 0 unspecified atom stereocenters. The number of thioether (sulfide) groups is 1. The zero-order valence-corrected chi connectivity index (χ0v) is 23.9. The lowest BCUT2D eigenvalue weighted by molar-refractivity contribution is -0.384. The zero-order valence-electron chi connectivity index (χ0n) is 23.0. The summed E-state index contributed by atoms with van der Waals surface area (Å²) in [6.07, 6.45) is 0.480. The molecule has 12 nitrogen and oxygen atoms in total. The quantitative estimate of drug-likeness (QED) is 0.124. The van der Waals surface area contributed by atoms with E-state index in [1.807, 2.05) is 0 Å². The number of amides is 3. The van der Waals surface area contributed by atoms with Gasteiger partial charge in [-0.1, -0.05) is 11.8 Å². The maximum Gasteiger partial charge on any atom is 0.278 e. The lowest BCUT2D eigenvalue weighted by atomic mass is 10.2. The highest BCUT2D eigenvalue weighted by Crippen LogP contribution is 2.38. The number of benzene rings is 3. The van der Waals surface area contributed by atoms with Gasteiger partial charge in [-0.25, -0.2) is 0 Å². The largest absolute Gasteiger partial charge is 0.497 e. The van der Waals surface area contributed by atoms with Crippen molar-refractivity contribution in [1.82, 2.24) is 4.90 Å². The normalized spacial score (nSPS) is 12.9. The second-order valence-corrected chi connectivity index (χ2v) is 9.97. The van der Waals surface area contributed by atoms with Crippen LogP contribution in [0, 0.1) is 10.1 Å². The first kappa shape index (κ1) is 30.1. The second kappa shape index (κ2) is 13.7. The van der Waals surface area contributed by atoms with Crippen LogP contribution in [0.4, 0.5) is 17.1 Å². The predicted octanol–water partition coefficient (Wildman–Crippen LogP) is 4.69. The molecule has 0 fully saturated rings. The summed E-state index contributed by atoms with van der Waals surface area (Å²) in [5.41, 5.74) is 1.22. The van der Waals surface area contributed by atoms with E-state index in [1.54, 1.807) is 49.6 Å². The Kier molecular flexibility index (Phi) is 9.78. The fourth-order valence-electron chi connectivity index (χ4n) is 4.03. The SMILES string of the molecule is COCCCN1C(=O)C(Nc2ccc(OC)cc2OC)=C(Sc2ccc(NC(=O)c3ccc([N+](=O)[O-])cc3)cc2)C1=O. The van der Waals surface area contributed by atoms with E-state index in [1.165, 1.54) is 43.4 Å². The summed E-state index contributed by atoms with van der Waals surface area (Å²) in [6.45, 7) is 0.579. The number of carbonyl (C=O) groups is 3. The number of anilines is 2. The third-order valence-electron chi connectivity index (χ3n) is 6.20. The molecule has 0 saturated carbocycles. The molecule has 218 valence electrons. The fraction of sp³-hybridized carbons (Fsp3) is 0.207. The lowest BCUT2D eigenvalue weighted by Gasteiger charge is -2.15. The van der Waals surface area contributed by atoms with Gasteiger partial charge in [0, 0.05) is 54.6 Å².